The fraction of sp³-hybridized carbons (Fsp3) is 0.296. The molecule has 3 atom stereocenters. The summed E-state index contributed by atoms with van der Waals surface area (Å²) >= 11 is 0. The second-order valence-electron chi connectivity index (χ2n) is 9.37. The average Bonchev–Trinajstić information content (AvgIpc) is 2.84. The lowest BCUT2D eigenvalue weighted by Crippen LogP contribution is -2.73. The molecule has 0 radical (unpaired) electrons. The molecular weight excluding hydrogens is 446 g/mol. The van der Waals surface area contributed by atoms with Crippen molar-refractivity contribution in [3.8, 4) is 11.1 Å². The third kappa shape index (κ3) is 3.83. The molecule has 5 rings (SSSR count). The summed E-state index contributed by atoms with van der Waals surface area (Å²) in [5.41, 5.74) is 4.98. The summed E-state index contributed by atoms with van der Waals surface area (Å²) in [4.78, 5) is 14.1. The summed E-state index contributed by atoms with van der Waals surface area (Å²) in [6, 6.07) is 22.9. The molecular formula is C27H29N3O3S. The van der Waals surface area contributed by atoms with Gasteiger partial charge >= 0.3 is 0 Å². The largest absolute Gasteiger partial charge is 0.345 e. The van der Waals surface area contributed by atoms with Gasteiger partial charge in [-0.15, -0.1) is 0 Å². The van der Waals surface area contributed by atoms with Gasteiger partial charge in [0.2, 0.25) is 10.0 Å². The standard InChI is InChI=1S/C27H29N3O3S/c1-18-4-14-23(15-5-18)34(32,33)30-24-16-28-17-25(30)26(24)21-10-6-19(7-11-21)20-8-12-22(13-9-20)27(31)29(2)3/h4-15,24-26,28H,16-17H2,1-3H3/t24-,25+,26?. The van der Waals surface area contributed by atoms with Crippen LogP contribution in [0.5, 0.6) is 0 Å². The molecule has 2 saturated heterocycles. The van der Waals surface area contributed by atoms with Crippen LogP contribution in [0.3, 0.4) is 0 Å². The molecule has 2 fully saturated rings. The molecule has 2 heterocycles. The predicted octanol–water partition coefficient (Wildman–Crippen LogP) is 3.49. The topological polar surface area (TPSA) is 69.7 Å². The van der Waals surface area contributed by atoms with Crippen molar-refractivity contribution < 1.29 is 13.2 Å². The van der Waals surface area contributed by atoms with Crippen molar-refractivity contribution >= 4 is 15.9 Å². The van der Waals surface area contributed by atoms with Gasteiger partial charge in [-0.3, -0.25) is 4.79 Å². The fourth-order valence-corrected chi connectivity index (χ4v) is 6.97. The van der Waals surface area contributed by atoms with Crippen molar-refractivity contribution in [2.45, 2.75) is 29.8 Å². The fourth-order valence-electron chi connectivity index (χ4n) is 5.12. The van der Waals surface area contributed by atoms with E-state index in [2.05, 4.69) is 29.6 Å². The number of piperazine rings is 1. The van der Waals surface area contributed by atoms with E-state index in [0.29, 0.717) is 23.5 Å². The lowest BCUT2D eigenvalue weighted by Gasteiger charge is -2.57. The van der Waals surface area contributed by atoms with Crippen LogP contribution in [0, 0.1) is 6.92 Å². The second-order valence-corrected chi connectivity index (χ2v) is 11.2. The Balaban J connectivity index is 1.35. The lowest BCUT2D eigenvalue weighted by atomic mass is 9.74. The van der Waals surface area contributed by atoms with E-state index in [1.165, 1.54) is 0 Å². The van der Waals surface area contributed by atoms with Gasteiger partial charge in [-0.25, -0.2) is 8.42 Å². The first kappa shape index (κ1) is 22.8. The number of carbonyl (C=O) groups excluding carboxylic acids is 1. The highest BCUT2D eigenvalue weighted by Crippen LogP contribution is 2.46. The van der Waals surface area contributed by atoms with Gasteiger partial charge in [0.25, 0.3) is 5.91 Å². The normalized spacial score (nSPS) is 22.1. The molecule has 176 valence electrons. The van der Waals surface area contributed by atoms with Crippen LogP contribution in [0.25, 0.3) is 11.1 Å². The Morgan fingerprint density at radius 3 is 1.91 bits per heavy atom. The maximum atomic E-state index is 13.3. The van der Waals surface area contributed by atoms with Crippen LogP contribution in [0.1, 0.15) is 27.4 Å². The number of amides is 1. The molecule has 2 aliphatic heterocycles. The number of hydrogen-bond donors (Lipinski definition) is 1. The Morgan fingerprint density at radius 1 is 0.853 bits per heavy atom. The molecule has 0 aromatic heterocycles. The third-order valence-corrected chi connectivity index (χ3v) is 8.92. The molecule has 1 N–H and O–H groups in total. The Hall–Kier alpha value is -3.00. The van der Waals surface area contributed by atoms with Crippen molar-refractivity contribution in [2.75, 3.05) is 27.2 Å². The lowest BCUT2D eigenvalue weighted by molar-refractivity contribution is 0.0370. The van der Waals surface area contributed by atoms with Gasteiger partial charge in [-0.05, 0) is 47.9 Å². The van der Waals surface area contributed by atoms with E-state index in [1.807, 2.05) is 43.3 Å². The highest BCUT2D eigenvalue weighted by Gasteiger charge is 2.56. The summed E-state index contributed by atoms with van der Waals surface area (Å²) in [6.45, 7) is 3.25. The highest BCUT2D eigenvalue weighted by molar-refractivity contribution is 7.89. The first-order valence-electron chi connectivity index (χ1n) is 11.5. The van der Waals surface area contributed by atoms with E-state index >= 15 is 0 Å². The van der Waals surface area contributed by atoms with Gasteiger partial charge in [-0.2, -0.15) is 4.31 Å². The van der Waals surface area contributed by atoms with Crippen LogP contribution < -0.4 is 5.32 Å². The molecule has 3 aromatic carbocycles. The highest BCUT2D eigenvalue weighted by atomic mass is 32.2. The van der Waals surface area contributed by atoms with Gasteiger partial charge in [0.05, 0.1) is 4.90 Å². The average molecular weight is 476 g/mol. The summed E-state index contributed by atoms with van der Waals surface area (Å²) in [5, 5.41) is 3.37. The van der Waals surface area contributed by atoms with Gasteiger partial charge < -0.3 is 10.2 Å². The first-order valence-corrected chi connectivity index (χ1v) is 12.9. The van der Waals surface area contributed by atoms with Crippen LogP contribution in [0.15, 0.2) is 77.7 Å². The number of nitrogens with zero attached hydrogens (tertiary/aromatic N) is 2. The van der Waals surface area contributed by atoms with Gasteiger partial charge in [0, 0.05) is 50.7 Å². The Kier molecular flexibility index (Phi) is 5.80. The number of carbonyl (C=O) groups is 1. The molecule has 6 nitrogen and oxygen atoms in total. The predicted molar refractivity (Wildman–Crippen MR) is 133 cm³/mol. The van der Waals surface area contributed by atoms with Crippen LogP contribution in [0.4, 0.5) is 0 Å². The van der Waals surface area contributed by atoms with Gasteiger partial charge in [0.1, 0.15) is 0 Å². The molecule has 0 saturated carbocycles. The maximum Gasteiger partial charge on any atom is 0.253 e. The summed E-state index contributed by atoms with van der Waals surface area (Å²) in [5.74, 6) is 0.160. The zero-order valence-corrected chi connectivity index (χ0v) is 20.4. The van der Waals surface area contributed by atoms with E-state index < -0.39 is 10.0 Å². The third-order valence-electron chi connectivity index (χ3n) is 6.95. The SMILES string of the molecule is Cc1ccc(S(=O)(=O)N2[C@@H]3CNC[C@H]2C3c2ccc(-c3ccc(C(=O)N(C)C)cc3)cc2)cc1. The smallest absolute Gasteiger partial charge is 0.253 e. The summed E-state index contributed by atoms with van der Waals surface area (Å²) in [6.07, 6.45) is 0. The van der Waals surface area contributed by atoms with Crippen LogP contribution in [0.2, 0.25) is 0 Å². The van der Waals surface area contributed by atoms with Crippen molar-refractivity contribution in [2.24, 2.45) is 0 Å². The molecule has 0 aliphatic carbocycles. The minimum atomic E-state index is -3.53. The number of piperidine rings is 1. The second kappa shape index (κ2) is 8.65. The number of hydrogen-bond acceptors (Lipinski definition) is 4. The van der Waals surface area contributed by atoms with Crippen molar-refractivity contribution in [1.29, 1.82) is 0 Å². The van der Waals surface area contributed by atoms with Crippen LogP contribution in [-0.2, 0) is 10.0 Å². The number of fused-ring (bicyclic) bond motifs is 2. The van der Waals surface area contributed by atoms with E-state index in [-0.39, 0.29) is 23.9 Å². The minimum absolute atomic E-state index is 0.0165. The maximum absolute atomic E-state index is 13.3. The minimum Gasteiger partial charge on any atom is -0.345 e. The van der Waals surface area contributed by atoms with E-state index in [9.17, 15) is 13.2 Å². The number of benzene rings is 3. The zero-order valence-electron chi connectivity index (χ0n) is 19.6. The Morgan fingerprint density at radius 2 is 1.38 bits per heavy atom. The van der Waals surface area contributed by atoms with E-state index in [1.54, 1.807) is 35.4 Å². The first-order chi connectivity index (χ1) is 16.3. The summed E-state index contributed by atoms with van der Waals surface area (Å²) < 4.78 is 28.4. The zero-order chi connectivity index (χ0) is 24.0. The molecule has 2 aliphatic rings. The Bertz CT molecular complexity index is 1290. The number of rotatable bonds is 5. The quantitative estimate of drug-likeness (QED) is 0.613. The number of nitrogens with one attached hydrogen (secondary N) is 1. The molecule has 0 spiro atoms. The Labute approximate surface area is 201 Å². The van der Waals surface area contributed by atoms with Gasteiger partial charge in [-0.1, -0.05) is 54.1 Å². The molecule has 2 bridgehead atoms. The molecule has 1 amide bonds. The summed E-state index contributed by atoms with van der Waals surface area (Å²) in [7, 11) is -0.0382. The van der Waals surface area contributed by atoms with E-state index in [4.69, 9.17) is 0 Å². The van der Waals surface area contributed by atoms with Crippen molar-refractivity contribution in [1.82, 2.24) is 14.5 Å². The molecule has 34 heavy (non-hydrogen) atoms. The van der Waals surface area contributed by atoms with Crippen LogP contribution >= 0.6 is 0 Å². The molecule has 3 aromatic rings. The molecule has 1 unspecified atom stereocenters. The molecule has 7 heteroatoms. The van der Waals surface area contributed by atoms with E-state index in [0.717, 1.165) is 22.3 Å². The van der Waals surface area contributed by atoms with Crippen LogP contribution in [-0.4, -0.2) is 62.8 Å². The number of aryl methyl sites for hydroxylation is 1. The van der Waals surface area contributed by atoms with Crippen molar-refractivity contribution in [3.05, 3.63) is 89.5 Å². The van der Waals surface area contributed by atoms with Gasteiger partial charge in [0.15, 0.2) is 0 Å². The monoisotopic (exact) mass is 475 g/mol. The number of sulfonamides is 1. The van der Waals surface area contributed by atoms with Crippen molar-refractivity contribution in [3.63, 3.8) is 0 Å².